The maximum Gasteiger partial charge on any atom is 0.358 e. The third-order valence-electron chi connectivity index (χ3n) is 3.09. The number of ether oxygens (including phenoxy) is 1. The number of hydrogen-bond acceptors (Lipinski definition) is 8. The molecule has 118 valence electrons. The Balaban J connectivity index is 1.95. The van der Waals surface area contributed by atoms with Crippen molar-refractivity contribution in [1.82, 2.24) is 19.9 Å². The van der Waals surface area contributed by atoms with Crippen LogP contribution in [0.15, 0.2) is 9.72 Å². The SMILES string of the molecule is COC(=O)c1ncsc1S(=O)(=O)NCCN1CCNCC1. The van der Waals surface area contributed by atoms with Gasteiger partial charge >= 0.3 is 5.97 Å². The number of carbonyl (C=O) groups excluding carboxylic acids is 1. The van der Waals surface area contributed by atoms with Crippen molar-refractivity contribution >= 4 is 27.3 Å². The number of aromatic nitrogens is 1. The van der Waals surface area contributed by atoms with Gasteiger partial charge in [0.15, 0.2) is 9.90 Å². The molecule has 10 heteroatoms. The number of sulfonamides is 1. The molecular formula is C11H18N4O4S2. The molecule has 0 aliphatic carbocycles. The van der Waals surface area contributed by atoms with Crippen LogP contribution in [0.3, 0.4) is 0 Å². The Labute approximate surface area is 127 Å². The average Bonchev–Trinajstić information content (AvgIpc) is 2.98. The minimum absolute atomic E-state index is 0.102. The lowest BCUT2D eigenvalue weighted by Gasteiger charge is -2.26. The van der Waals surface area contributed by atoms with Crippen LogP contribution in [0.5, 0.6) is 0 Å². The minimum Gasteiger partial charge on any atom is -0.464 e. The molecule has 2 rings (SSSR count). The highest BCUT2D eigenvalue weighted by atomic mass is 32.2. The zero-order valence-electron chi connectivity index (χ0n) is 11.7. The van der Waals surface area contributed by atoms with E-state index in [1.165, 1.54) is 12.6 Å². The number of nitrogens with one attached hydrogen (secondary N) is 2. The molecule has 0 unspecified atom stereocenters. The van der Waals surface area contributed by atoms with Crippen LogP contribution in [0.4, 0.5) is 0 Å². The van der Waals surface area contributed by atoms with E-state index >= 15 is 0 Å². The minimum atomic E-state index is -3.74. The van der Waals surface area contributed by atoms with E-state index in [1.807, 2.05) is 0 Å². The number of rotatable bonds is 6. The van der Waals surface area contributed by atoms with E-state index in [0.29, 0.717) is 13.1 Å². The van der Waals surface area contributed by atoms with Crippen molar-refractivity contribution in [3.8, 4) is 0 Å². The highest BCUT2D eigenvalue weighted by molar-refractivity contribution is 7.91. The van der Waals surface area contributed by atoms with Crippen LogP contribution in [-0.4, -0.2) is 70.6 Å². The van der Waals surface area contributed by atoms with E-state index in [0.717, 1.165) is 37.5 Å². The smallest absolute Gasteiger partial charge is 0.358 e. The molecule has 0 spiro atoms. The molecule has 1 aliphatic heterocycles. The lowest BCUT2D eigenvalue weighted by atomic mass is 10.3. The van der Waals surface area contributed by atoms with E-state index in [2.05, 4.69) is 24.7 Å². The summed E-state index contributed by atoms with van der Waals surface area (Å²) >= 11 is 0.900. The van der Waals surface area contributed by atoms with Crippen molar-refractivity contribution in [3.05, 3.63) is 11.2 Å². The number of carbonyl (C=O) groups is 1. The number of piperazine rings is 1. The fourth-order valence-corrected chi connectivity index (χ4v) is 4.19. The van der Waals surface area contributed by atoms with E-state index in [1.54, 1.807) is 0 Å². The Hall–Kier alpha value is -1.07. The second kappa shape index (κ2) is 7.27. The molecule has 2 N–H and O–H groups in total. The van der Waals surface area contributed by atoms with Gasteiger partial charge in [-0.2, -0.15) is 0 Å². The summed E-state index contributed by atoms with van der Waals surface area (Å²) in [4.78, 5) is 17.4. The second-order valence-electron chi connectivity index (χ2n) is 4.47. The van der Waals surface area contributed by atoms with Gasteiger partial charge in [-0.15, -0.1) is 11.3 Å². The van der Waals surface area contributed by atoms with Crippen LogP contribution in [0, 0.1) is 0 Å². The maximum atomic E-state index is 12.2. The van der Waals surface area contributed by atoms with Crippen LogP contribution in [0.2, 0.25) is 0 Å². The fraction of sp³-hybridized carbons (Fsp3) is 0.636. The number of methoxy groups -OCH3 is 1. The summed E-state index contributed by atoms with van der Waals surface area (Å²) in [7, 11) is -2.55. The van der Waals surface area contributed by atoms with E-state index in [4.69, 9.17) is 0 Å². The highest BCUT2D eigenvalue weighted by Crippen LogP contribution is 2.20. The number of hydrogen-bond donors (Lipinski definition) is 2. The van der Waals surface area contributed by atoms with Gasteiger partial charge in [0.05, 0.1) is 12.6 Å². The quantitative estimate of drug-likeness (QED) is 0.651. The molecule has 1 aromatic rings. The van der Waals surface area contributed by atoms with Crippen molar-refractivity contribution in [3.63, 3.8) is 0 Å². The Kier molecular flexibility index (Phi) is 5.65. The van der Waals surface area contributed by atoms with E-state index in [9.17, 15) is 13.2 Å². The molecule has 1 aliphatic rings. The molecule has 1 saturated heterocycles. The second-order valence-corrected chi connectivity index (χ2v) is 7.29. The molecular weight excluding hydrogens is 316 g/mol. The van der Waals surface area contributed by atoms with Gasteiger partial charge < -0.3 is 10.1 Å². The first-order valence-corrected chi connectivity index (χ1v) is 8.85. The van der Waals surface area contributed by atoms with Crippen LogP contribution >= 0.6 is 11.3 Å². The third kappa shape index (κ3) is 4.20. The summed E-state index contributed by atoms with van der Waals surface area (Å²) in [6.07, 6.45) is 0. The molecule has 21 heavy (non-hydrogen) atoms. The average molecular weight is 334 g/mol. The van der Waals surface area contributed by atoms with E-state index in [-0.39, 0.29) is 9.90 Å². The monoisotopic (exact) mass is 334 g/mol. The first kappa shape index (κ1) is 16.3. The highest BCUT2D eigenvalue weighted by Gasteiger charge is 2.26. The molecule has 1 fully saturated rings. The van der Waals surface area contributed by atoms with Crippen molar-refractivity contribution in [2.75, 3.05) is 46.4 Å². The molecule has 0 saturated carbocycles. The number of thiazole rings is 1. The van der Waals surface area contributed by atoms with Gasteiger partial charge in [-0.1, -0.05) is 0 Å². The van der Waals surface area contributed by atoms with Crippen LogP contribution in [0.25, 0.3) is 0 Å². The van der Waals surface area contributed by atoms with Crippen LogP contribution < -0.4 is 10.0 Å². The van der Waals surface area contributed by atoms with Crippen LogP contribution in [0.1, 0.15) is 10.5 Å². The molecule has 0 amide bonds. The Morgan fingerprint density at radius 3 is 2.90 bits per heavy atom. The first-order chi connectivity index (χ1) is 10.0. The van der Waals surface area contributed by atoms with Gasteiger partial charge in [0.25, 0.3) is 10.0 Å². The zero-order valence-corrected chi connectivity index (χ0v) is 13.3. The zero-order chi connectivity index (χ0) is 15.3. The number of esters is 1. The number of nitrogens with zero attached hydrogens (tertiary/aromatic N) is 2. The van der Waals surface area contributed by atoms with Gasteiger partial charge in [-0.3, -0.25) is 4.90 Å². The van der Waals surface area contributed by atoms with Crippen molar-refractivity contribution in [2.45, 2.75) is 4.21 Å². The van der Waals surface area contributed by atoms with Gasteiger partial charge in [0.2, 0.25) is 0 Å². The lowest BCUT2D eigenvalue weighted by molar-refractivity contribution is 0.0590. The van der Waals surface area contributed by atoms with Crippen molar-refractivity contribution in [2.24, 2.45) is 0 Å². The Bertz CT molecular complexity index is 581. The van der Waals surface area contributed by atoms with Gasteiger partial charge in [-0.25, -0.2) is 22.9 Å². The summed E-state index contributed by atoms with van der Waals surface area (Å²) in [5.41, 5.74) is 1.15. The summed E-state index contributed by atoms with van der Waals surface area (Å²) in [5, 5.41) is 3.23. The summed E-state index contributed by atoms with van der Waals surface area (Å²) in [6, 6.07) is 0. The molecule has 1 aromatic heterocycles. The Morgan fingerprint density at radius 1 is 1.52 bits per heavy atom. The Morgan fingerprint density at radius 2 is 2.24 bits per heavy atom. The van der Waals surface area contributed by atoms with Crippen molar-refractivity contribution < 1.29 is 17.9 Å². The van der Waals surface area contributed by atoms with Gasteiger partial charge in [0.1, 0.15) is 0 Å². The predicted octanol–water partition coefficient (Wildman–Crippen LogP) is -0.887. The standard InChI is InChI=1S/C11H18N4O4S2/c1-19-10(16)9-11(20-8-13-9)21(17,18)14-4-7-15-5-2-12-3-6-15/h8,12,14H,2-7H2,1H3. The largest absolute Gasteiger partial charge is 0.464 e. The molecule has 8 nitrogen and oxygen atoms in total. The summed E-state index contributed by atoms with van der Waals surface area (Å²) in [6.45, 7) is 4.54. The van der Waals surface area contributed by atoms with E-state index < -0.39 is 16.0 Å². The van der Waals surface area contributed by atoms with Crippen molar-refractivity contribution in [1.29, 1.82) is 0 Å². The molecule has 0 bridgehead atoms. The maximum absolute atomic E-state index is 12.2. The van der Waals surface area contributed by atoms with Crippen LogP contribution in [-0.2, 0) is 14.8 Å². The topological polar surface area (TPSA) is 101 Å². The molecule has 0 radical (unpaired) electrons. The summed E-state index contributed by atoms with van der Waals surface area (Å²) < 4.78 is 31.3. The van der Waals surface area contributed by atoms with Gasteiger partial charge in [-0.05, 0) is 0 Å². The fourth-order valence-electron chi connectivity index (χ4n) is 2.00. The molecule has 0 atom stereocenters. The third-order valence-corrected chi connectivity index (χ3v) is 5.92. The summed E-state index contributed by atoms with van der Waals surface area (Å²) in [5.74, 6) is -0.751. The molecule has 2 heterocycles. The lowest BCUT2D eigenvalue weighted by Crippen LogP contribution is -2.46. The van der Waals surface area contributed by atoms with Gasteiger partial charge in [0, 0.05) is 39.3 Å². The normalized spacial score (nSPS) is 16.8. The predicted molar refractivity (Wildman–Crippen MR) is 78.0 cm³/mol. The molecule has 0 aromatic carbocycles. The first-order valence-electron chi connectivity index (χ1n) is 6.49.